The molecule has 0 aromatic rings. The van der Waals surface area contributed by atoms with Gasteiger partial charge in [0.2, 0.25) is 0 Å². The second-order valence-electron chi connectivity index (χ2n) is 5.39. The molecule has 2 nitrogen and oxygen atoms in total. The van der Waals surface area contributed by atoms with Crippen molar-refractivity contribution in [3.63, 3.8) is 0 Å². The molecule has 1 atom stereocenters. The van der Waals surface area contributed by atoms with Gasteiger partial charge in [-0.05, 0) is 38.1 Å². The third kappa shape index (κ3) is 2.73. The van der Waals surface area contributed by atoms with Crippen molar-refractivity contribution in [3.05, 3.63) is 0 Å². The molecule has 2 saturated heterocycles. The Morgan fingerprint density at radius 2 is 1.80 bits per heavy atom. The largest absolute Gasteiger partial charge is 0.381 e. The molecule has 0 amide bonds. The Bertz CT molecular complexity index is 187. The van der Waals surface area contributed by atoms with E-state index in [4.69, 9.17) is 4.74 Å². The van der Waals surface area contributed by atoms with Gasteiger partial charge in [-0.3, -0.25) is 4.90 Å². The van der Waals surface area contributed by atoms with E-state index in [9.17, 15) is 0 Å². The number of nitrogens with zero attached hydrogens (tertiary/aromatic N) is 1. The molecule has 88 valence electrons. The lowest BCUT2D eigenvalue weighted by atomic mass is 9.90. The Morgan fingerprint density at radius 3 is 2.47 bits per heavy atom. The highest BCUT2D eigenvalue weighted by Gasteiger charge is 2.31. The van der Waals surface area contributed by atoms with Gasteiger partial charge in [0.1, 0.15) is 0 Å². The molecular weight excluding hydrogens is 186 g/mol. The third-order valence-electron chi connectivity index (χ3n) is 4.02. The Kier molecular flexibility index (Phi) is 4.04. The van der Waals surface area contributed by atoms with E-state index in [0.717, 1.165) is 31.2 Å². The fourth-order valence-electron chi connectivity index (χ4n) is 3.17. The Balaban J connectivity index is 1.96. The number of piperidine rings is 1. The van der Waals surface area contributed by atoms with Gasteiger partial charge in [-0.15, -0.1) is 0 Å². The molecule has 1 unspecified atom stereocenters. The van der Waals surface area contributed by atoms with Crippen molar-refractivity contribution in [2.75, 3.05) is 19.8 Å². The maximum atomic E-state index is 5.46. The minimum Gasteiger partial charge on any atom is -0.381 e. The fraction of sp³-hybridized carbons (Fsp3) is 1.00. The van der Waals surface area contributed by atoms with Crippen molar-refractivity contribution < 1.29 is 4.74 Å². The van der Waals surface area contributed by atoms with Gasteiger partial charge in [-0.2, -0.15) is 0 Å². The Labute approximate surface area is 94.0 Å². The average molecular weight is 211 g/mol. The van der Waals surface area contributed by atoms with E-state index in [2.05, 4.69) is 18.7 Å². The summed E-state index contributed by atoms with van der Waals surface area (Å²) in [6.45, 7) is 8.04. The van der Waals surface area contributed by atoms with Crippen LogP contribution in [0.25, 0.3) is 0 Å². The first kappa shape index (κ1) is 11.4. The maximum absolute atomic E-state index is 5.46. The molecule has 0 spiro atoms. The molecule has 2 aliphatic heterocycles. The zero-order chi connectivity index (χ0) is 10.7. The first-order valence-electron chi connectivity index (χ1n) is 6.62. The SMILES string of the molecule is CC(C)C1CCCCN1C1CCOCC1. The van der Waals surface area contributed by atoms with Gasteiger partial charge in [0.05, 0.1) is 0 Å². The van der Waals surface area contributed by atoms with E-state index < -0.39 is 0 Å². The predicted octanol–water partition coefficient (Wildman–Crippen LogP) is 2.68. The number of hydrogen-bond acceptors (Lipinski definition) is 2. The summed E-state index contributed by atoms with van der Waals surface area (Å²) in [6.07, 6.45) is 6.75. The van der Waals surface area contributed by atoms with Gasteiger partial charge in [-0.1, -0.05) is 20.3 Å². The number of hydrogen-bond donors (Lipinski definition) is 0. The molecule has 0 aliphatic carbocycles. The summed E-state index contributed by atoms with van der Waals surface area (Å²) < 4.78 is 5.46. The summed E-state index contributed by atoms with van der Waals surface area (Å²) in [7, 11) is 0. The highest BCUT2D eigenvalue weighted by molar-refractivity contribution is 4.85. The van der Waals surface area contributed by atoms with Gasteiger partial charge < -0.3 is 4.74 Å². The molecule has 0 N–H and O–H groups in total. The van der Waals surface area contributed by atoms with Crippen LogP contribution in [-0.2, 0) is 4.74 Å². The summed E-state index contributed by atoms with van der Waals surface area (Å²) in [6, 6.07) is 1.65. The smallest absolute Gasteiger partial charge is 0.0480 e. The van der Waals surface area contributed by atoms with E-state index in [0.29, 0.717) is 0 Å². The molecule has 0 radical (unpaired) electrons. The molecule has 2 heteroatoms. The lowest BCUT2D eigenvalue weighted by Gasteiger charge is -2.44. The molecular formula is C13H25NO. The second kappa shape index (κ2) is 5.31. The van der Waals surface area contributed by atoms with Crippen molar-refractivity contribution in [1.29, 1.82) is 0 Å². The van der Waals surface area contributed by atoms with Crippen molar-refractivity contribution in [3.8, 4) is 0 Å². The van der Waals surface area contributed by atoms with Crippen LogP contribution in [0, 0.1) is 5.92 Å². The molecule has 2 heterocycles. The highest BCUT2D eigenvalue weighted by Crippen LogP contribution is 2.28. The Hall–Kier alpha value is -0.0800. The lowest BCUT2D eigenvalue weighted by Crippen LogP contribution is -2.50. The topological polar surface area (TPSA) is 12.5 Å². The van der Waals surface area contributed by atoms with Crippen molar-refractivity contribution in [2.45, 2.75) is 58.0 Å². The quantitative estimate of drug-likeness (QED) is 0.696. The molecule has 0 aromatic carbocycles. The Morgan fingerprint density at radius 1 is 1.07 bits per heavy atom. The normalized spacial score (nSPS) is 31.0. The van der Waals surface area contributed by atoms with Crippen LogP contribution in [0.5, 0.6) is 0 Å². The van der Waals surface area contributed by atoms with Crippen molar-refractivity contribution in [2.24, 2.45) is 5.92 Å². The predicted molar refractivity (Wildman–Crippen MR) is 63.0 cm³/mol. The van der Waals surface area contributed by atoms with Gasteiger partial charge >= 0.3 is 0 Å². The second-order valence-corrected chi connectivity index (χ2v) is 5.39. The van der Waals surface area contributed by atoms with E-state index in [1.807, 2.05) is 0 Å². The van der Waals surface area contributed by atoms with Crippen LogP contribution >= 0.6 is 0 Å². The van der Waals surface area contributed by atoms with Crippen LogP contribution in [0.15, 0.2) is 0 Å². The van der Waals surface area contributed by atoms with Gasteiger partial charge in [0.25, 0.3) is 0 Å². The highest BCUT2D eigenvalue weighted by atomic mass is 16.5. The first-order chi connectivity index (χ1) is 7.29. The zero-order valence-electron chi connectivity index (χ0n) is 10.2. The monoisotopic (exact) mass is 211 g/mol. The standard InChI is InChI=1S/C13H25NO/c1-11(2)13-5-3-4-8-14(13)12-6-9-15-10-7-12/h11-13H,3-10H2,1-2H3. The maximum Gasteiger partial charge on any atom is 0.0480 e. The van der Waals surface area contributed by atoms with Gasteiger partial charge in [-0.25, -0.2) is 0 Å². The summed E-state index contributed by atoms with van der Waals surface area (Å²) in [5.41, 5.74) is 0. The first-order valence-corrected chi connectivity index (χ1v) is 6.62. The molecule has 2 aliphatic rings. The van der Waals surface area contributed by atoms with Crippen molar-refractivity contribution >= 4 is 0 Å². The fourth-order valence-corrected chi connectivity index (χ4v) is 3.17. The van der Waals surface area contributed by atoms with Crippen LogP contribution in [0.1, 0.15) is 46.0 Å². The average Bonchev–Trinajstić information content (AvgIpc) is 2.30. The third-order valence-corrected chi connectivity index (χ3v) is 4.02. The van der Waals surface area contributed by atoms with Crippen molar-refractivity contribution in [1.82, 2.24) is 4.90 Å². The number of likely N-dealkylation sites (tertiary alicyclic amines) is 1. The summed E-state index contributed by atoms with van der Waals surface area (Å²) >= 11 is 0. The van der Waals surface area contributed by atoms with E-state index >= 15 is 0 Å². The van der Waals surface area contributed by atoms with Gasteiger partial charge in [0, 0.05) is 25.3 Å². The van der Waals surface area contributed by atoms with Crippen LogP contribution < -0.4 is 0 Å². The van der Waals surface area contributed by atoms with Crippen LogP contribution in [0.2, 0.25) is 0 Å². The number of ether oxygens (including phenoxy) is 1. The summed E-state index contributed by atoms with van der Waals surface area (Å²) in [4.78, 5) is 2.79. The molecule has 2 fully saturated rings. The van der Waals surface area contributed by atoms with Crippen LogP contribution in [-0.4, -0.2) is 36.7 Å². The lowest BCUT2D eigenvalue weighted by molar-refractivity contribution is -0.00629. The zero-order valence-corrected chi connectivity index (χ0v) is 10.2. The van der Waals surface area contributed by atoms with E-state index in [1.165, 1.54) is 38.6 Å². The van der Waals surface area contributed by atoms with E-state index in [1.54, 1.807) is 0 Å². The molecule has 0 saturated carbocycles. The van der Waals surface area contributed by atoms with Crippen LogP contribution in [0.3, 0.4) is 0 Å². The minimum atomic E-state index is 0.812. The van der Waals surface area contributed by atoms with E-state index in [-0.39, 0.29) is 0 Å². The molecule has 0 bridgehead atoms. The minimum absolute atomic E-state index is 0.812. The molecule has 2 rings (SSSR count). The molecule has 0 aromatic heterocycles. The summed E-state index contributed by atoms with van der Waals surface area (Å²) in [5, 5.41) is 0. The number of rotatable bonds is 2. The molecule has 15 heavy (non-hydrogen) atoms. The van der Waals surface area contributed by atoms with Crippen LogP contribution in [0.4, 0.5) is 0 Å². The summed E-state index contributed by atoms with van der Waals surface area (Å²) in [5.74, 6) is 0.813. The van der Waals surface area contributed by atoms with Gasteiger partial charge in [0.15, 0.2) is 0 Å².